The first-order chi connectivity index (χ1) is 10.6. The molecule has 0 saturated carbocycles. The van der Waals surface area contributed by atoms with Crippen molar-refractivity contribution < 1.29 is 0 Å². The Hall–Kier alpha value is -1.66. The summed E-state index contributed by atoms with van der Waals surface area (Å²) >= 11 is 0. The van der Waals surface area contributed by atoms with E-state index < -0.39 is 0 Å². The largest absolute Gasteiger partial charge is 0.105 e. The molecule has 0 aliphatic heterocycles. The van der Waals surface area contributed by atoms with E-state index in [1.807, 2.05) is 6.92 Å². The van der Waals surface area contributed by atoms with E-state index in [9.17, 15) is 0 Å². The van der Waals surface area contributed by atoms with Crippen LogP contribution in [0.5, 0.6) is 0 Å². The lowest BCUT2D eigenvalue weighted by atomic mass is 9.63. The monoisotopic (exact) mass is 308 g/mol. The summed E-state index contributed by atoms with van der Waals surface area (Å²) in [6.07, 6.45) is 12.3. The molecule has 0 nitrogen and oxygen atoms in total. The van der Waals surface area contributed by atoms with Gasteiger partial charge in [-0.25, -0.2) is 0 Å². The first-order valence-electron chi connectivity index (χ1n) is 8.65. The molecule has 0 heteroatoms. The Morgan fingerprint density at radius 3 is 2.30 bits per heavy atom. The summed E-state index contributed by atoms with van der Waals surface area (Å²) in [7, 11) is 0. The highest BCUT2D eigenvalue weighted by molar-refractivity contribution is 5.45. The standard InChI is InChI=1S/C23H32/c1-9-14-22(7)15-13-20(12-11-19(3)4)18-23(8,17-16-22)21(5,6)10-2/h13,15-19H,10H2,1-8H3/b15-13-,17-16-,20-18-. The first-order valence-corrected chi connectivity index (χ1v) is 8.65. The molecular formula is C23H32. The van der Waals surface area contributed by atoms with Gasteiger partial charge in [-0.1, -0.05) is 83.6 Å². The van der Waals surface area contributed by atoms with E-state index in [0.29, 0.717) is 5.92 Å². The third-order valence-electron chi connectivity index (χ3n) is 5.08. The van der Waals surface area contributed by atoms with Crippen LogP contribution in [0, 0.1) is 45.8 Å². The fourth-order valence-electron chi connectivity index (χ4n) is 2.54. The Bertz CT molecular complexity index is 631. The van der Waals surface area contributed by atoms with Gasteiger partial charge in [-0.15, -0.1) is 5.92 Å². The second-order valence-electron chi connectivity index (χ2n) is 7.87. The van der Waals surface area contributed by atoms with Crippen LogP contribution in [0.25, 0.3) is 0 Å². The zero-order valence-corrected chi connectivity index (χ0v) is 16.2. The van der Waals surface area contributed by atoms with Gasteiger partial charge in [-0.05, 0) is 31.8 Å². The molecule has 0 N–H and O–H groups in total. The Balaban J connectivity index is 3.53. The molecule has 1 aliphatic rings. The van der Waals surface area contributed by atoms with E-state index >= 15 is 0 Å². The van der Waals surface area contributed by atoms with Crippen LogP contribution in [0.4, 0.5) is 0 Å². The molecule has 0 heterocycles. The van der Waals surface area contributed by atoms with Crippen LogP contribution in [0.1, 0.15) is 61.8 Å². The molecule has 1 aliphatic carbocycles. The number of allylic oxidation sites excluding steroid dienone is 6. The van der Waals surface area contributed by atoms with Crippen LogP contribution >= 0.6 is 0 Å². The molecule has 0 fully saturated rings. The molecule has 1 rings (SSSR count). The van der Waals surface area contributed by atoms with E-state index in [0.717, 1.165) is 12.0 Å². The van der Waals surface area contributed by atoms with Gasteiger partial charge in [0.1, 0.15) is 0 Å². The van der Waals surface area contributed by atoms with Gasteiger partial charge in [-0.2, -0.15) is 0 Å². The maximum atomic E-state index is 3.36. The van der Waals surface area contributed by atoms with Crippen molar-refractivity contribution in [3.05, 3.63) is 36.0 Å². The molecular weight excluding hydrogens is 276 g/mol. The number of hydrogen-bond acceptors (Lipinski definition) is 0. The fourth-order valence-corrected chi connectivity index (χ4v) is 2.54. The number of rotatable bonds is 2. The summed E-state index contributed by atoms with van der Waals surface area (Å²) in [5.41, 5.74) is 0.958. The van der Waals surface area contributed by atoms with E-state index in [1.165, 1.54) is 0 Å². The molecule has 124 valence electrons. The Morgan fingerprint density at radius 2 is 1.78 bits per heavy atom. The minimum absolute atomic E-state index is 0.0514. The van der Waals surface area contributed by atoms with Crippen molar-refractivity contribution in [3.63, 3.8) is 0 Å². The van der Waals surface area contributed by atoms with Gasteiger partial charge in [-0.3, -0.25) is 0 Å². The highest BCUT2D eigenvalue weighted by atomic mass is 14.4. The van der Waals surface area contributed by atoms with E-state index in [1.54, 1.807) is 0 Å². The lowest BCUT2D eigenvalue weighted by Crippen LogP contribution is -2.32. The van der Waals surface area contributed by atoms with Gasteiger partial charge in [0.2, 0.25) is 0 Å². The molecule has 2 atom stereocenters. The molecule has 0 aromatic heterocycles. The summed E-state index contributed by atoms with van der Waals surface area (Å²) < 4.78 is 0. The second-order valence-corrected chi connectivity index (χ2v) is 7.87. The predicted molar refractivity (Wildman–Crippen MR) is 103 cm³/mol. The topological polar surface area (TPSA) is 0 Å². The summed E-state index contributed by atoms with van der Waals surface area (Å²) in [6.45, 7) is 17.5. The molecule has 0 aromatic carbocycles. The van der Waals surface area contributed by atoms with Crippen LogP contribution in [0.15, 0.2) is 36.0 Å². The van der Waals surface area contributed by atoms with Crippen LogP contribution < -0.4 is 0 Å². The van der Waals surface area contributed by atoms with Crippen LogP contribution in [0.3, 0.4) is 0 Å². The molecule has 23 heavy (non-hydrogen) atoms. The normalized spacial score (nSPS) is 32.3. The second kappa shape index (κ2) is 7.27. The average molecular weight is 309 g/mol. The molecule has 0 amide bonds. The van der Waals surface area contributed by atoms with Crippen LogP contribution in [-0.2, 0) is 0 Å². The van der Waals surface area contributed by atoms with Crippen LogP contribution in [0.2, 0.25) is 0 Å². The zero-order chi connectivity index (χ0) is 17.7. The summed E-state index contributed by atoms with van der Waals surface area (Å²) in [4.78, 5) is 0. The quantitative estimate of drug-likeness (QED) is 0.422. The smallest absolute Gasteiger partial charge is 0.0649 e. The molecule has 0 aromatic rings. The first kappa shape index (κ1) is 19.4. The molecule has 2 unspecified atom stereocenters. The molecule has 0 bridgehead atoms. The van der Waals surface area contributed by atoms with Crippen molar-refractivity contribution >= 4 is 0 Å². The third kappa shape index (κ3) is 4.91. The van der Waals surface area contributed by atoms with Crippen molar-refractivity contribution in [1.82, 2.24) is 0 Å². The van der Waals surface area contributed by atoms with Crippen molar-refractivity contribution in [1.29, 1.82) is 0 Å². The lowest BCUT2D eigenvalue weighted by molar-refractivity contribution is 0.189. The van der Waals surface area contributed by atoms with Crippen LogP contribution in [-0.4, -0.2) is 0 Å². The van der Waals surface area contributed by atoms with Gasteiger partial charge in [0.25, 0.3) is 0 Å². The maximum Gasteiger partial charge on any atom is 0.0649 e. The Labute approximate surface area is 144 Å². The van der Waals surface area contributed by atoms with Crippen molar-refractivity contribution in [2.24, 2.45) is 22.2 Å². The van der Waals surface area contributed by atoms with Crippen molar-refractivity contribution in [3.8, 4) is 23.7 Å². The fraction of sp³-hybridized carbons (Fsp3) is 0.565. The molecule has 0 spiro atoms. The third-order valence-corrected chi connectivity index (χ3v) is 5.08. The highest BCUT2D eigenvalue weighted by Crippen LogP contribution is 2.46. The average Bonchev–Trinajstić information content (AvgIpc) is 2.47. The Kier molecular flexibility index (Phi) is 6.13. The molecule has 0 saturated heterocycles. The van der Waals surface area contributed by atoms with E-state index in [4.69, 9.17) is 0 Å². The lowest BCUT2D eigenvalue weighted by Gasteiger charge is -2.41. The van der Waals surface area contributed by atoms with E-state index in [2.05, 4.69) is 103 Å². The number of hydrogen-bond donors (Lipinski definition) is 0. The van der Waals surface area contributed by atoms with Gasteiger partial charge in [0, 0.05) is 16.9 Å². The Morgan fingerprint density at radius 1 is 1.13 bits per heavy atom. The SMILES string of the molecule is CC#CC1(C)/C=C\C(C#CC(C)C)=C/C(C)(C(C)(C)CC)/C=C\1. The van der Waals surface area contributed by atoms with Crippen molar-refractivity contribution in [2.75, 3.05) is 0 Å². The summed E-state index contributed by atoms with van der Waals surface area (Å²) in [5, 5.41) is 0. The summed E-state index contributed by atoms with van der Waals surface area (Å²) in [6, 6.07) is 0. The van der Waals surface area contributed by atoms with Gasteiger partial charge in [0.15, 0.2) is 0 Å². The summed E-state index contributed by atoms with van der Waals surface area (Å²) in [5.74, 6) is 13.4. The van der Waals surface area contributed by atoms with E-state index in [-0.39, 0.29) is 16.2 Å². The minimum Gasteiger partial charge on any atom is -0.105 e. The van der Waals surface area contributed by atoms with Gasteiger partial charge in [0.05, 0.1) is 5.41 Å². The van der Waals surface area contributed by atoms with Crippen molar-refractivity contribution in [2.45, 2.75) is 61.8 Å². The minimum atomic E-state index is -0.237. The highest BCUT2D eigenvalue weighted by Gasteiger charge is 2.37. The zero-order valence-electron chi connectivity index (χ0n) is 16.2. The predicted octanol–water partition coefficient (Wildman–Crippen LogP) is 6.17. The van der Waals surface area contributed by atoms with Gasteiger partial charge >= 0.3 is 0 Å². The maximum absolute atomic E-state index is 3.36. The van der Waals surface area contributed by atoms with Gasteiger partial charge < -0.3 is 0 Å². The molecule has 0 radical (unpaired) electrons.